The van der Waals surface area contributed by atoms with Crippen LogP contribution in [0.3, 0.4) is 0 Å². The van der Waals surface area contributed by atoms with E-state index in [0.717, 1.165) is 38.0 Å². The van der Waals surface area contributed by atoms with Crippen LogP contribution in [0.5, 0.6) is 0 Å². The number of rotatable bonds is 4. The Bertz CT molecular complexity index is 1030. The van der Waals surface area contributed by atoms with Crippen LogP contribution in [-0.2, 0) is 9.47 Å². The number of carbonyl (C=O) groups excluding carboxylic acids is 2. The molecule has 1 saturated carbocycles. The molecule has 2 heterocycles. The zero-order valence-electron chi connectivity index (χ0n) is 19.6. The molecular weight excluding hydrogens is 408 g/mol. The van der Waals surface area contributed by atoms with Gasteiger partial charge in [0.2, 0.25) is 0 Å². The summed E-state index contributed by atoms with van der Waals surface area (Å²) >= 11 is 0. The van der Waals surface area contributed by atoms with Gasteiger partial charge >= 0.3 is 12.1 Å². The van der Waals surface area contributed by atoms with Crippen LogP contribution in [0.2, 0.25) is 0 Å². The Labute approximate surface area is 188 Å². The standard InChI is InChI=1S/C24H32N4O4/c1-6-28(22(30)32-23(2,3)4)18-9-14-27(15-24(18)10-11-24)17-8-7-16(21(29)31-5)19-20(17)26-13-12-25-19/h7-8,12-13,18H,6,9-11,14-15H2,1-5H3. The summed E-state index contributed by atoms with van der Waals surface area (Å²) in [6.45, 7) is 9.97. The Kier molecular flexibility index (Phi) is 5.73. The number of esters is 1. The first-order chi connectivity index (χ1) is 15.2. The predicted molar refractivity (Wildman–Crippen MR) is 122 cm³/mol. The summed E-state index contributed by atoms with van der Waals surface area (Å²) in [4.78, 5) is 38.3. The maximum Gasteiger partial charge on any atom is 0.410 e. The van der Waals surface area contributed by atoms with Crippen molar-refractivity contribution >= 4 is 28.8 Å². The number of ether oxygens (including phenoxy) is 2. The van der Waals surface area contributed by atoms with Crippen molar-refractivity contribution in [2.24, 2.45) is 5.41 Å². The summed E-state index contributed by atoms with van der Waals surface area (Å²) < 4.78 is 10.6. The minimum absolute atomic E-state index is 0.0563. The zero-order valence-corrected chi connectivity index (χ0v) is 19.6. The van der Waals surface area contributed by atoms with Gasteiger partial charge in [0.15, 0.2) is 0 Å². The molecule has 1 amide bonds. The van der Waals surface area contributed by atoms with Gasteiger partial charge in [0.25, 0.3) is 0 Å². The van der Waals surface area contributed by atoms with Crippen molar-refractivity contribution in [2.45, 2.75) is 58.6 Å². The molecule has 1 aromatic carbocycles. The van der Waals surface area contributed by atoms with Crippen LogP contribution in [0.15, 0.2) is 24.5 Å². The molecule has 1 aliphatic heterocycles. The highest BCUT2D eigenvalue weighted by Gasteiger charge is 2.55. The molecule has 1 unspecified atom stereocenters. The first-order valence-electron chi connectivity index (χ1n) is 11.3. The van der Waals surface area contributed by atoms with Crippen molar-refractivity contribution in [3.63, 3.8) is 0 Å². The molecule has 1 atom stereocenters. The highest BCUT2D eigenvalue weighted by Crippen LogP contribution is 2.55. The van der Waals surface area contributed by atoms with Gasteiger partial charge in [0.1, 0.15) is 16.6 Å². The van der Waals surface area contributed by atoms with Crippen molar-refractivity contribution in [2.75, 3.05) is 31.6 Å². The molecule has 8 nitrogen and oxygen atoms in total. The van der Waals surface area contributed by atoms with E-state index in [9.17, 15) is 9.59 Å². The molecule has 2 fully saturated rings. The van der Waals surface area contributed by atoms with E-state index in [1.54, 1.807) is 18.5 Å². The first-order valence-corrected chi connectivity index (χ1v) is 11.3. The molecule has 172 valence electrons. The smallest absolute Gasteiger partial charge is 0.410 e. The first kappa shape index (κ1) is 22.3. The van der Waals surface area contributed by atoms with Crippen molar-refractivity contribution in [1.82, 2.24) is 14.9 Å². The molecule has 1 spiro atoms. The molecule has 32 heavy (non-hydrogen) atoms. The molecule has 1 saturated heterocycles. The highest BCUT2D eigenvalue weighted by molar-refractivity contribution is 6.05. The number of piperidine rings is 1. The Morgan fingerprint density at radius 2 is 1.88 bits per heavy atom. The Balaban J connectivity index is 1.61. The molecule has 0 N–H and O–H groups in total. The monoisotopic (exact) mass is 440 g/mol. The molecular formula is C24H32N4O4. The molecule has 8 heteroatoms. The van der Waals surface area contributed by atoms with Crippen LogP contribution in [-0.4, -0.2) is 65.3 Å². The van der Waals surface area contributed by atoms with Crippen LogP contribution in [0, 0.1) is 5.41 Å². The number of hydrogen-bond donors (Lipinski definition) is 0. The van der Waals surface area contributed by atoms with Gasteiger partial charge in [-0.15, -0.1) is 0 Å². The number of aromatic nitrogens is 2. The van der Waals surface area contributed by atoms with Crippen LogP contribution in [0.4, 0.5) is 10.5 Å². The second kappa shape index (κ2) is 8.22. The SMILES string of the molecule is CCN(C(=O)OC(C)(C)C)C1CCN(c2ccc(C(=O)OC)c3nccnc23)CC12CC2. The molecule has 4 rings (SSSR count). The third kappa shape index (κ3) is 4.10. The van der Waals surface area contributed by atoms with Gasteiger partial charge in [-0.3, -0.25) is 9.97 Å². The molecule has 0 radical (unpaired) electrons. The van der Waals surface area contributed by atoms with Crippen LogP contribution >= 0.6 is 0 Å². The van der Waals surface area contributed by atoms with E-state index in [2.05, 4.69) is 14.9 Å². The fourth-order valence-corrected chi connectivity index (χ4v) is 4.86. The largest absolute Gasteiger partial charge is 0.465 e. The lowest BCUT2D eigenvalue weighted by molar-refractivity contribution is 0.00562. The van der Waals surface area contributed by atoms with E-state index >= 15 is 0 Å². The predicted octanol–water partition coefficient (Wildman–Crippen LogP) is 4.03. The number of fused-ring (bicyclic) bond motifs is 1. The number of nitrogens with zero attached hydrogens (tertiary/aromatic N) is 4. The van der Waals surface area contributed by atoms with E-state index in [0.29, 0.717) is 23.1 Å². The lowest BCUT2D eigenvalue weighted by atomic mass is 9.87. The lowest BCUT2D eigenvalue weighted by Gasteiger charge is -2.45. The summed E-state index contributed by atoms with van der Waals surface area (Å²) in [5.74, 6) is -0.421. The van der Waals surface area contributed by atoms with E-state index in [1.807, 2.05) is 38.7 Å². The number of amides is 1. The molecule has 1 aromatic heterocycles. The van der Waals surface area contributed by atoms with Gasteiger partial charge in [0, 0.05) is 43.5 Å². The molecule has 2 aromatic rings. The fraction of sp³-hybridized carbons (Fsp3) is 0.583. The van der Waals surface area contributed by atoms with E-state index < -0.39 is 11.6 Å². The van der Waals surface area contributed by atoms with Crippen LogP contribution in [0.1, 0.15) is 57.3 Å². The summed E-state index contributed by atoms with van der Waals surface area (Å²) in [6.07, 6.45) is 6.02. The minimum Gasteiger partial charge on any atom is -0.465 e. The van der Waals surface area contributed by atoms with E-state index in [1.165, 1.54) is 7.11 Å². The van der Waals surface area contributed by atoms with Crippen molar-refractivity contribution < 1.29 is 19.1 Å². The van der Waals surface area contributed by atoms with Gasteiger partial charge in [-0.1, -0.05) is 0 Å². The molecule has 1 aliphatic carbocycles. The average molecular weight is 441 g/mol. The fourth-order valence-electron chi connectivity index (χ4n) is 4.86. The quantitative estimate of drug-likeness (QED) is 0.664. The normalized spacial score (nSPS) is 19.7. The topological polar surface area (TPSA) is 84.9 Å². The summed E-state index contributed by atoms with van der Waals surface area (Å²) in [5.41, 5.74) is 2.17. The van der Waals surface area contributed by atoms with Crippen molar-refractivity contribution in [3.05, 3.63) is 30.1 Å². The van der Waals surface area contributed by atoms with Crippen LogP contribution in [0.25, 0.3) is 11.0 Å². The summed E-state index contributed by atoms with van der Waals surface area (Å²) in [7, 11) is 1.37. The molecule has 0 bridgehead atoms. The van der Waals surface area contributed by atoms with Crippen LogP contribution < -0.4 is 4.90 Å². The third-order valence-electron chi connectivity index (χ3n) is 6.47. The van der Waals surface area contributed by atoms with Gasteiger partial charge in [0.05, 0.1) is 18.4 Å². The number of carbonyl (C=O) groups is 2. The second-order valence-electron chi connectivity index (χ2n) is 9.73. The van der Waals surface area contributed by atoms with E-state index in [4.69, 9.17) is 9.47 Å². The van der Waals surface area contributed by atoms with Gasteiger partial charge in [-0.25, -0.2) is 9.59 Å². The average Bonchev–Trinajstić information content (AvgIpc) is 3.52. The molecule has 2 aliphatic rings. The van der Waals surface area contributed by atoms with Crippen molar-refractivity contribution in [3.8, 4) is 0 Å². The Morgan fingerprint density at radius 1 is 1.19 bits per heavy atom. The highest BCUT2D eigenvalue weighted by atomic mass is 16.6. The van der Waals surface area contributed by atoms with Crippen molar-refractivity contribution in [1.29, 1.82) is 0 Å². The number of benzene rings is 1. The van der Waals surface area contributed by atoms with Gasteiger partial charge in [-0.2, -0.15) is 0 Å². The minimum atomic E-state index is -0.513. The zero-order chi connectivity index (χ0) is 23.1. The third-order valence-corrected chi connectivity index (χ3v) is 6.47. The number of anilines is 1. The van der Waals surface area contributed by atoms with Gasteiger partial charge < -0.3 is 19.3 Å². The lowest BCUT2D eigenvalue weighted by Crippen LogP contribution is -2.55. The summed E-state index contributed by atoms with van der Waals surface area (Å²) in [6, 6.07) is 3.86. The second-order valence-corrected chi connectivity index (χ2v) is 9.73. The summed E-state index contributed by atoms with van der Waals surface area (Å²) in [5, 5.41) is 0. The number of methoxy groups -OCH3 is 1. The maximum atomic E-state index is 12.9. The van der Waals surface area contributed by atoms with Gasteiger partial charge in [-0.05, 0) is 59.1 Å². The Morgan fingerprint density at radius 3 is 2.47 bits per heavy atom. The van der Waals surface area contributed by atoms with E-state index in [-0.39, 0.29) is 17.6 Å². The maximum absolute atomic E-state index is 12.9. The Hall–Kier alpha value is -2.90. The number of hydrogen-bond acceptors (Lipinski definition) is 7.